The van der Waals surface area contributed by atoms with Gasteiger partial charge in [0.05, 0.1) is 12.0 Å². The molecule has 0 bridgehead atoms. The SMILES string of the molecule is CC1(C(=O)O)CCN(C2CCOc3ccccc32)C1. The number of carbonyl (C=O) groups is 1. The van der Waals surface area contributed by atoms with E-state index < -0.39 is 11.4 Å². The molecule has 3 rings (SSSR count). The van der Waals surface area contributed by atoms with Gasteiger partial charge in [0, 0.05) is 24.6 Å². The lowest BCUT2D eigenvalue weighted by molar-refractivity contribution is -0.147. The molecule has 2 atom stereocenters. The number of fused-ring (bicyclic) bond motifs is 1. The third-order valence-corrected chi connectivity index (χ3v) is 4.39. The summed E-state index contributed by atoms with van der Waals surface area (Å²) in [5.74, 6) is 0.262. The van der Waals surface area contributed by atoms with Crippen molar-refractivity contribution in [1.82, 2.24) is 4.90 Å². The Morgan fingerprint density at radius 3 is 3.00 bits per heavy atom. The minimum Gasteiger partial charge on any atom is -0.493 e. The molecule has 0 aromatic heterocycles. The van der Waals surface area contributed by atoms with Crippen molar-refractivity contribution in [3.05, 3.63) is 29.8 Å². The molecule has 1 fully saturated rings. The lowest BCUT2D eigenvalue weighted by atomic mass is 9.90. The van der Waals surface area contributed by atoms with E-state index in [1.165, 1.54) is 5.56 Å². The summed E-state index contributed by atoms with van der Waals surface area (Å²) in [5, 5.41) is 9.33. The summed E-state index contributed by atoms with van der Waals surface area (Å²) in [7, 11) is 0. The Morgan fingerprint density at radius 2 is 2.26 bits per heavy atom. The van der Waals surface area contributed by atoms with Crippen LogP contribution >= 0.6 is 0 Å². The second-order valence-electron chi connectivity index (χ2n) is 5.78. The smallest absolute Gasteiger partial charge is 0.310 e. The number of carboxylic acids is 1. The van der Waals surface area contributed by atoms with Gasteiger partial charge in [0.25, 0.3) is 0 Å². The molecule has 4 nitrogen and oxygen atoms in total. The first-order valence-electron chi connectivity index (χ1n) is 6.79. The van der Waals surface area contributed by atoms with Crippen LogP contribution < -0.4 is 4.74 Å². The monoisotopic (exact) mass is 261 g/mol. The summed E-state index contributed by atoms with van der Waals surface area (Å²) < 4.78 is 5.67. The maximum Gasteiger partial charge on any atom is 0.310 e. The summed E-state index contributed by atoms with van der Waals surface area (Å²) >= 11 is 0. The molecule has 1 aromatic rings. The Bertz CT molecular complexity index is 502. The van der Waals surface area contributed by atoms with E-state index in [0.29, 0.717) is 19.2 Å². The Labute approximate surface area is 113 Å². The molecule has 0 radical (unpaired) electrons. The molecule has 2 unspecified atom stereocenters. The highest BCUT2D eigenvalue weighted by Crippen LogP contribution is 2.41. The number of hydrogen-bond donors (Lipinski definition) is 1. The van der Waals surface area contributed by atoms with Crippen LogP contribution in [0.15, 0.2) is 24.3 Å². The van der Waals surface area contributed by atoms with Gasteiger partial charge in [0.1, 0.15) is 5.75 Å². The van der Waals surface area contributed by atoms with Gasteiger partial charge in [0.15, 0.2) is 0 Å². The number of rotatable bonds is 2. The molecule has 0 amide bonds. The normalized spacial score (nSPS) is 30.7. The van der Waals surface area contributed by atoms with Crippen LogP contribution in [0.3, 0.4) is 0 Å². The van der Waals surface area contributed by atoms with Gasteiger partial charge >= 0.3 is 5.97 Å². The fourth-order valence-electron chi connectivity index (χ4n) is 3.14. The number of likely N-dealkylation sites (tertiary alicyclic amines) is 1. The van der Waals surface area contributed by atoms with E-state index in [2.05, 4.69) is 11.0 Å². The molecule has 0 spiro atoms. The standard InChI is InChI=1S/C15H19NO3/c1-15(14(17)18)7-8-16(10-15)12-6-9-19-13-5-3-2-4-11(12)13/h2-5,12H,6-10H2,1H3,(H,17,18). The Balaban J connectivity index is 1.84. The van der Waals surface area contributed by atoms with E-state index in [9.17, 15) is 9.90 Å². The van der Waals surface area contributed by atoms with Crippen LogP contribution in [0.1, 0.15) is 31.4 Å². The number of benzene rings is 1. The van der Waals surface area contributed by atoms with Crippen LogP contribution in [0, 0.1) is 5.41 Å². The molecule has 2 heterocycles. The van der Waals surface area contributed by atoms with Crippen LogP contribution in [0.25, 0.3) is 0 Å². The predicted octanol–water partition coefficient (Wildman–Crippen LogP) is 2.31. The second-order valence-corrected chi connectivity index (χ2v) is 5.78. The van der Waals surface area contributed by atoms with E-state index in [1.807, 2.05) is 25.1 Å². The van der Waals surface area contributed by atoms with Crippen molar-refractivity contribution < 1.29 is 14.6 Å². The molecule has 1 aromatic carbocycles. The van der Waals surface area contributed by atoms with Gasteiger partial charge in [0.2, 0.25) is 0 Å². The number of nitrogens with zero attached hydrogens (tertiary/aromatic N) is 1. The molecular weight excluding hydrogens is 242 g/mol. The first kappa shape index (κ1) is 12.5. The molecular formula is C15H19NO3. The summed E-state index contributed by atoms with van der Waals surface area (Å²) in [6.45, 7) is 4.03. The van der Waals surface area contributed by atoms with Crippen LogP contribution in [-0.2, 0) is 4.79 Å². The highest BCUT2D eigenvalue weighted by Gasteiger charge is 2.43. The number of ether oxygens (including phenoxy) is 1. The van der Waals surface area contributed by atoms with Gasteiger partial charge in [-0.3, -0.25) is 9.69 Å². The van der Waals surface area contributed by atoms with Gasteiger partial charge in [-0.1, -0.05) is 18.2 Å². The molecule has 2 aliphatic heterocycles. The molecule has 0 aliphatic carbocycles. The van der Waals surface area contributed by atoms with E-state index in [-0.39, 0.29) is 0 Å². The van der Waals surface area contributed by atoms with Crippen molar-refractivity contribution in [1.29, 1.82) is 0 Å². The van der Waals surface area contributed by atoms with Crippen molar-refractivity contribution >= 4 is 5.97 Å². The van der Waals surface area contributed by atoms with E-state index in [4.69, 9.17) is 4.74 Å². The van der Waals surface area contributed by atoms with Crippen molar-refractivity contribution in [2.75, 3.05) is 19.7 Å². The van der Waals surface area contributed by atoms with E-state index in [0.717, 1.165) is 25.1 Å². The van der Waals surface area contributed by atoms with Crippen molar-refractivity contribution in [2.24, 2.45) is 5.41 Å². The molecule has 4 heteroatoms. The summed E-state index contributed by atoms with van der Waals surface area (Å²) in [6.07, 6.45) is 1.66. The van der Waals surface area contributed by atoms with Crippen molar-refractivity contribution in [3.63, 3.8) is 0 Å². The average Bonchev–Trinajstić information content (AvgIpc) is 2.82. The quantitative estimate of drug-likeness (QED) is 0.887. The third-order valence-electron chi connectivity index (χ3n) is 4.39. The Hall–Kier alpha value is -1.55. The minimum atomic E-state index is -0.685. The molecule has 1 N–H and O–H groups in total. The van der Waals surface area contributed by atoms with E-state index in [1.54, 1.807) is 0 Å². The number of carboxylic acid groups (broad SMARTS) is 1. The fourth-order valence-corrected chi connectivity index (χ4v) is 3.14. The van der Waals surface area contributed by atoms with Crippen LogP contribution in [0.4, 0.5) is 0 Å². The molecule has 19 heavy (non-hydrogen) atoms. The van der Waals surface area contributed by atoms with Crippen LogP contribution in [0.2, 0.25) is 0 Å². The van der Waals surface area contributed by atoms with Crippen molar-refractivity contribution in [2.45, 2.75) is 25.8 Å². The number of para-hydroxylation sites is 1. The van der Waals surface area contributed by atoms with Crippen LogP contribution in [-0.4, -0.2) is 35.7 Å². The highest BCUT2D eigenvalue weighted by atomic mass is 16.5. The van der Waals surface area contributed by atoms with Gasteiger partial charge in [-0.15, -0.1) is 0 Å². The van der Waals surface area contributed by atoms with Gasteiger partial charge in [-0.25, -0.2) is 0 Å². The summed E-state index contributed by atoms with van der Waals surface area (Å²) in [6, 6.07) is 8.38. The predicted molar refractivity (Wildman–Crippen MR) is 71.2 cm³/mol. The molecule has 1 saturated heterocycles. The zero-order valence-electron chi connectivity index (χ0n) is 11.1. The average molecular weight is 261 g/mol. The number of aliphatic carboxylic acids is 1. The Kier molecular flexibility index (Phi) is 2.97. The third kappa shape index (κ3) is 2.10. The van der Waals surface area contributed by atoms with Gasteiger partial charge < -0.3 is 9.84 Å². The Morgan fingerprint density at radius 1 is 1.47 bits per heavy atom. The first-order chi connectivity index (χ1) is 9.10. The summed E-state index contributed by atoms with van der Waals surface area (Å²) in [4.78, 5) is 13.6. The maximum absolute atomic E-state index is 11.3. The largest absolute Gasteiger partial charge is 0.493 e. The minimum absolute atomic E-state index is 0.297. The highest BCUT2D eigenvalue weighted by molar-refractivity contribution is 5.74. The molecule has 102 valence electrons. The molecule has 2 aliphatic rings. The lowest BCUT2D eigenvalue weighted by Crippen LogP contribution is -2.35. The molecule has 0 saturated carbocycles. The fraction of sp³-hybridized carbons (Fsp3) is 0.533. The summed E-state index contributed by atoms with van der Waals surface area (Å²) in [5.41, 5.74) is 0.594. The lowest BCUT2D eigenvalue weighted by Gasteiger charge is -2.33. The first-order valence-corrected chi connectivity index (χ1v) is 6.79. The topological polar surface area (TPSA) is 49.8 Å². The van der Waals surface area contributed by atoms with E-state index >= 15 is 0 Å². The maximum atomic E-state index is 11.3. The van der Waals surface area contributed by atoms with Gasteiger partial charge in [-0.2, -0.15) is 0 Å². The van der Waals surface area contributed by atoms with Crippen LogP contribution in [0.5, 0.6) is 5.75 Å². The zero-order valence-corrected chi connectivity index (χ0v) is 11.1. The zero-order chi connectivity index (χ0) is 13.5. The van der Waals surface area contributed by atoms with Gasteiger partial charge in [-0.05, 0) is 26.0 Å². The van der Waals surface area contributed by atoms with Crippen molar-refractivity contribution in [3.8, 4) is 5.75 Å². The number of hydrogen-bond acceptors (Lipinski definition) is 3. The second kappa shape index (κ2) is 4.53.